The number of aliphatic hydroxyl groups is 1. The molecule has 0 unspecified atom stereocenters. The van der Waals surface area contributed by atoms with Crippen LogP contribution in [0.3, 0.4) is 0 Å². The Bertz CT molecular complexity index is 306. The second-order valence-electron chi connectivity index (χ2n) is 3.59. The fourth-order valence-corrected chi connectivity index (χ4v) is 1.24. The Hall–Kier alpha value is -1.35. The van der Waals surface area contributed by atoms with Crippen molar-refractivity contribution < 1.29 is 9.90 Å². The topological polar surface area (TPSA) is 49.3 Å². The van der Waals surface area contributed by atoms with Gasteiger partial charge in [-0.2, -0.15) is 0 Å². The molecule has 0 aliphatic rings. The molecule has 0 aliphatic carbocycles. The number of carbonyl (C=O) groups is 1. The molecule has 2 N–H and O–H groups in total. The van der Waals surface area contributed by atoms with Crippen LogP contribution in [0.5, 0.6) is 0 Å². The molecule has 0 bridgehead atoms. The molecule has 0 atom stereocenters. The summed E-state index contributed by atoms with van der Waals surface area (Å²) in [5.74, 6) is 0.129. The molecular weight excluding hydrogens is 190 g/mol. The molecule has 0 saturated carbocycles. The summed E-state index contributed by atoms with van der Waals surface area (Å²) < 4.78 is 0. The molecule has 0 aliphatic heterocycles. The number of hydrogen-bond donors (Lipinski definition) is 2. The second kappa shape index (κ2) is 6.19. The first-order chi connectivity index (χ1) is 7.22. The van der Waals surface area contributed by atoms with Crippen molar-refractivity contribution in [1.82, 2.24) is 0 Å². The Kier molecular flexibility index (Phi) is 4.84. The SMILES string of the molecule is Cc1ccc(NCC(=O)CCCO)cc1. The van der Waals surface area contributed by atoms with Crippen LogP contribution in [-0.2, 0) is 4.79 Å². The number of nitrogens with one attached hydrogen (secondary N) is 1. The number of benzene rings is 1. The van der Waals surface area contributed by atoms with Crippen molar-refractivity contribution in [3.8, 4) is 0 Å². The van der Waals surface area contributed by atoms with E-state index in [9.17, 15) is 4.79 Å². The van der Waals surface area contributed by atoms with Gasteiger partial charge in [-0.25, -0.2) is 0 Å². The number of aryl methyl sites for hydroxylation is 1. The van der Waals surface area contributed by atoms with Gasteiger partial charge in [0.25, 0.3) is 0 Å². The maximum atomic E-state index is 11.3. The van der Waals surface area contributed by atoms with Crippen LogP contribution in [0.4, 0.5) is 5.69 Å². The normalized spacial score (nSPS) is 10.0. The molecule has 15 heavy (non-hydrogen) atoms. The highest BCUT2D eigenvalue weighted by Crippen LogP contribution is 2.08. The first-order valence-corrected chi connectivity index (χ1v) is 5.15. The second-order valence-corrected chi connectivity index (χ2v) is 3.59. The highest BCUT2D eigenvalue weighted by atomic mass is 16.3. The largest absolute Gasteiger partial charge is 0.396 e. The fraction of sp³-hybridized carbons (Fsp3) is 0.417. The lowest BCUT2D eigenvalue weighted by Gasteiger charge is -2.05. The summed E-state index contributed by atoms with van der Waals surface area (Å²) in [6.07, 6.45) is 0.990. The number of rotatable bonds is 6. The van der Waals surface area contributed by atoms with Gasteiger partial charge in [-0.15, -0.1) is 0 Å². The van der Waals surface area contributed by atoms with Crippen LogP contribution in [0, 0.1) is 6.92 Å². The molecule has 0 heterocycles. The van der Waals surface area contributed by atoms with E-state index in [1.807, 2.05) is 31.2 Å². The Morgan fingerprint density at radius 3 is 2.60 bits per heavy atom. The highest BCUT2D eigenvalue weighted by Gasteiger charge is 2.00. The monoisotopic (exact) mass is 207 g/mol. The minimum absolute atomic E-state index is 0.0796. The summed E-state index contributed by atoms with van der Waals surface area (Å²) in [5, 5.41) is 11.6. The molecule has 1 aromatic rings. The van der Waals surface area contributed by atoms with Crippen molar-refractivity contribution in [2.75, 3.05) is 18.5 Å². The molecule has 1 aromatic carbocycles. The molecule has 0 amide bonds. The summed E-state index contributed by atoms with van der Waals surface area (Å²) in [6.45, 7) is 2.44. The van der Waals surface area contributed by atoms with Gasteiger partial charge < -0.3 is 10.4 Å². The van der Waals surface area contributed by atoms with Gasteiger partial charge >= 0.3 is 0 Å². The first kappa shape index (κ1) is 11.7. The number of Topliss-reactive ketones (excluding diaryl/α,β-unsaturated/α-hetero) is 1. The van der Waals surface area contributed by atoms with Crippen molar-refractivity contribution in [3.63, 3.8) is 0 Å². The van der Waals surface area contributed by atoms with Crippen LogP contribution in [0.25, 0.3) is 0 Å². The zero-order valence-electron chi connectivity index (χ0n) is 8.99. The molecule has 0 saturated heterocycles. The van der Waals surface area contributed by atoms with Gasteiger partial charge in [-0.1, -0.05) is 17.7 Å². The zero-order valence-corrected chi connectivity index (χ0v) is 8.99. The van der Waals surface area contributed by atoms with Crippen LogP contribution in [0.15, 0.2) is 24.3 Å². The van der Waals surface area contributed by atoms with E-state index in [1.54, 1.807) is 0 Å². The number of aliphatic hydroxyl groups excluding tert-OH is 1. The van der Waals surface area contributed by atoms with E-state index in [2.05, 4.69) is 5.32 Å². The zero-order chi connectivity index (χ0) is 11.1. The maximum absolute atomic E-state index is 11.3. The van der Waals surface area contributed by atoms with Crippen LogP contribution in [0.1, 0.15) is 18.4 Å². The Labute approximate surface area is 90.1 Å². The summed E-state index contributed by atoms with van der Waals surface area (Å²) in [6, 6.07) is 7.91. The van der Waals surface area contributed by atoms with E-state index in [1.165, 1.54) is 5.56 Å². The first-order valence-electron chi connectivity index (χ1n) is 5.15. The van der Waals surface area contributed by atoms with E-state index in [0.29, 0.717) is 19.4 Å². The Morgan fingerprint density at radius 1 is 1.33 bits per heavy atom. The average molecular weight is 207 g/mol. The van der Waals surface area contributed by atoms with Crippen LogP contribution in [-0.4, -0.2) is 24.0 Å². The lowest BCUT2D eigenvalue weighted by Crippen LogP contribution is -2.13. The van der Waals surface area contributed by atoms with Crippen molar-refractivity contribution >= 4 is 11.5 Å². The highest BCUT2D eigenvalue weighted by molar-refractivity contribution is 5.82. The minimum atomic E-state index is 0.0796. The standard InChI is InChI=1S/C12H17NO2/c1-10-4-6-11(7-5-10)13-9-12(15)3-2-8-14/h4-7,13-14H,2-3,8-9H2,1H3. The third kappa shape index (κ3) is 4.61. The van der Waals surface area contributed by atoms with Gasteiger partial charge in [0.2, 0.25) is 0 Å². The Balaban J connectivity index is 2.30. The van der Waals surface area contributed by atoms with E-state index in [4.69, 9.17) is 5.11 Å². The van der Waals surface area contributed by atoms with Crippen molar-refractivity contribution in [1.29, 1.82) is 0 Å². The molecule has 3 heteroatoms. The molecule has 0 spiro atoms. The van der Waals surface area contributed by atoms with Crippen molar-refractivity contribution in [2.24, 2.45) is 0 Å². The number of hydrogen-bond acceptors (Lipinski definition) is 3. The molecular formula is C12H17NO2. The van der Waals surface area contributed by atoms with E-state index in [0.717, 1.165) is 5.69 Å². The quantitative estimate of drug-likeness (QED) is 0.747. The van der Waals surface area contributed by atoms with Gasteiger partial charge in [0, 0.05) is 18.7 Å². The van der Waals surface area contributed by atoms with E-state index >= 15 is 0 Å². The number of anilines is 1. The van der Waals surface area contributed by atoms with Gasteiger partial charge in [0.1, 0.15) is 0 Å². The van der Waals surface area contributed by atoms with E-state index in [-0.39, 0.29) is 12.4 Å². The summed E-state index contributed by atoms with van der Waals surface area (Å²) in [4.78, 5) is 11.3. The maximum Gasteiger partial charge on any atom is 0.151 e. The third-order valence-electron chi connectivity index (χ3n) is 2.15. The van der Waals surface area contributed by atoms with Crippen LogP contribution < -0.4 is 5.32 Å². The molecule has 0 radical (unpaired) electrons. The molecule has 0 fully saturated rings. The van der Waals surface area contributed by atoms with Gasteiger partial charge in [0.15, 0.2) is 5.78 Å². The van der Waals surface area contributed by atoms with Gasteiger partial charge in [-0.05, 0) is 25.5 Å². The summed E-state index contributed by atoms with van der Waals surface area (Å²) >= 11 is 0. The van der Waals surface area contributed by atoms with Gasteiger partial charge in [-0.3, -0.25) is 4.79 Å². The molecule has 82 valence electrons. The smallest absolute Gasteiger partial charge is 0.151 e. The van der Waals surface area contributed by atoms with E-state index < -0.39 is 0 Å². The Morgan fingerprint density at radius 2 is 2.00 bits per heavy atom. The average Bonchev–Trinajstić information content (AvgIpc) is 2.25. The van der Waals surface area contributed by atoms with Crippen LogP contribution in [0.2, 0.25) is 0 Å². The number of ketones is 1. The van der Waals surface area contributed by atoms with Crippen LogP contribution >= 0.6 is 0 Å². The predicted octanol–water partition coefficient (Wildman–Crippen LogP) is 1.75. The summed E-state index contributed by atoms with van der Waals surface area (Å²) in [5.41, 5.74) is 2.16. The lowest BCUT2D eigenvalue weighted by molar-refractivity contribution is -0.117. The number of carbonyl (C=O) groups excluding carboxylic acids is 1. The molecule has 0 aromatic heterocycles. The third-order valence-corrected chi connectivity index (χ3v) is 2.15. The molecule has 1 rings (SSSR count). The summed E-state index contributed by atoms with van der Waals surface area (Å²) in [7, 11) is 0. The lowest BCUT2D eigenvalue weighted by atomic mass is 10.2. The minimum Gasteiger partial charge on any atom is -0.396 e. The molecule has 3 nitrogen and oxygen atoms in total. The predicted molar refractivity (Wildman–Crippen MR) is 61.0 cm³/mol. The van der Waals surface area contributed by atoms with Gasteiger partial charge in [0.05, 0.1) is 6.54 Å². The van der Waals surface area contributed by atoms with Crippen molar-refractivity contribution in [3.05, 3.63) is 29.8 Å². The van der Waals surface area contributed by atoms with Crippen molar-refractivity contribution in [2.45, 2.75) is 19.8 Å². The fourth-order valence-electron chi connectivity index (χ4n) is 1.24.